The summed E-state index contributed by atoms with van der Waals surface area (Å²) in [4.78, 5) is 10.7. The summed E-state index contributed by atoms with van der Waals surface area (Å²) in [6.45, 7) is 5.96. The Balaban J connectivity index is 3.43. The molecule has 1 N–H and O–H groups in total. The largest absolute Gasteiger partial charge is 0.507 e. The summed E-state index contributed by atoms with van der Waals surface area (Å²) in [6.07, 6.45) is 0.720. The van der Waals surface area contributed by atoms with E-state index in [0.717, 1.165) is 17.4 Å². The van der Waals surface area contributed by atoms with E-state index in [0.29, 0.717) is 5.56 Å². The first-order valence-corrected chi connectivity index (χ1v) is 4.35. The van der Waals surface area contributed by atoms with Gasteiger partial charge in [-0.05, 0) is 30.0 Å². The SMILES string of the molecule is Cc1ccc(O)c(C=O)c1C(C)C. The van der Waals surface area contributed by atoms with E-state index < -0.39 is 0 Å². The quantitative estimate of drug-likeness (QED) is 0.707. The molecule has 2 heteroatoms. The fourth-order valence-corrected chi connectivity index (χ4v) is 1.62. The van der Waals surface area contributed by atoms with E-state index in [9.17, 15) is 9.90 Å². The van der Waals surface area contributed by atoms with Crippen LogP contribution in [0.2, 0.25) is 0 Å². The van der Waals surface area contributed by atoms with E-state index in [2.05, 4.69) is 0 Å². The van der Waals surface area contributed by atoms with Crippen LogP contribution < -0.4 is 0 Å². The smallest absolute Gasteiger partial charge is 0.154 e. The highest BCUT2D eigenvalue weighted by Crippen LogP contribution is 2.28. The van der Waals surface area contributed by atoms with Gasteiger partial charge in [0.1, 0.15) is 5.75 Å². The number of aldehydes is 1. The van der Waals surface area contributed by atoms with Crippen LogP contribution in [-0.2, 0) is 0 Å². The molecule has 0 spiro atoms. The maximum atomic E-state index is 10.7. The zero-order valence-corrected chi connectivity index (χ0v) is 8.16. The van der Waals surface area contributed by atoms with Crippen molar-refractivity contribution in [2.75, 3.05) is 0 Å². The zero-order chi connectivity index (χ0) is 10.0. The van der Waals surface area contributed by atoms with E-state index in [1.807, 2.05) is 26.8 Å². The summed E-state index contributed by atoms with van der Waals surface area (Å²) in [5, 5.41) is 9.43. The Hall–Kier alpha value is -1.31. The minimum absolute atomic E-state index is 0.0734. The highest BCUT2D eigenvalue weighted by atomic mass is 16.3. The van der Waals surface area contributed by atoms with Crippen LogP contribution in [0.3, 0.4) is 0 Å². The van der Waals surface area contributed by atoms with Crippen LogP contribution >= 0.6 is 0 Å². The lowest BCUT2D eigenvalue weighted by atomic mass is 9.92. The molecule has 0 aliphatic rings. The van der Waals surface area contributed by atoms with Crippen LogP contribution in [0.5, 0.6) is 5.75 Å². The van der Waals surface area contributed by atoms with Crippen molar-refractivity contribution in [2.24, 2.45) is 0 Å². The molecule has 1 aromatic carbocycles. The molecule has 0 bridgehead atoms. The molecular weight excluding hydrogens is 164 g/mol. The number of hydrogen-bond acceptors (Lipinski definition) is 2. The summed E-state index contributed by atoms with van der Waals surface area (Å²) < 4.78 is 0. The van der Waals surface area contributed by atoms with Crippen molar-refractivity contribution in [3.05, 3.63) is 28.8 Å². The summed E-state index contributed by atoms with van der Waals surface area (Å²) in [5.74, 6) is 0.330. The third kappa shape index (κ3) is 1.72. The number of carbonyl (C=O) groups excluding carboxylic acids is 1. The van der Waals surface area contributed by atoms with E-state index in [4.69, 9.17) is 0 Å². The van der Waals surface area contributed by atoms with Crippen LogP contribution in [0.25, 0.3) is 0 Å². The van der Waals surface area contributed by atoms with E-state index in [1.54, 1.807) is 6.07 Å². The second-order valence-corrected chi connectivity index (χ2v) is 3.50. The number of phenols is 1. The van der Waals surface area contributed by atoms with E-state index in [1.165, 1.54) is 0 Å². The van der Waals surface area contributed by atoms with Crippen molar-refractivity contribution in [3.63, 3.8) is 0 Å². The Morgan fingerprint density at radius 2 is 2.00 bits per heavy atom. The first kappa shape index (κ1) is 9.78. The Morgan fingerprint density at radius 3 is 2.38 bits per heavy atom. The molecule has 0 fully saturated rings. The van der Waals surface area contributed by atoms with E-state index in [-0.39, 0.29) is 11.7 Å². The monoisotopic (exact) mass is 178 g/mol. The molecule has 2 nitrogen and oxygen atoms in total. The number of aryl methyl sites for hydroxylation is 1. The zero-order valence-electron chi connectivity index (χ0n) is 8.16. The van der Waals surface area contributed by atoms with Crippen molar-refractivity contribution in [3.8, 4) is 5.75 Å². The van der Waals surface area contributed by atoms with Gasteiger partial charge in [-0.3, -0.25) is 4.79 Å². The molecule has 0 atom stereocenters. The number of carbonyl (C=O) groups is 1. The fraction of sp³-hybridized carbons (Fsp3) is 0.364. The molecule has 0 unspecified atom stereocenters. The van der Waals surface area contributed by atoms with Crippen LogP contribution in [0.4, 0.5) is 0 Å². The number of benzene rings is 1. The first-order valence-electron chi connectivity index (χ1n) is 4.35. The minimum Gasteiger partial charge on any atom is -0.507 e. The number of phenolic OH excluding ortho intramolecular Hbond substituents is 1. The third-order valence-corrected chi connectivity index (χ3v) is 2.18. The fourth-order valence-electron chi connectivity index (χ4n) is 1.62. The maximum Gasteiger partial charge on any atom is 0.154 e. The summed E-state index contributed by atoms with van der Waals surface area (Å²) in [5.41, 5.74) is 2.42. The van der Waals surface area contributed by atoms with Gasteiger partial charge < -0.3 is 5.11 Å². The van der Waals surface area contributed by atoms with Gasteiger partial charge in [-0.15, -0.1) is 0 Å². The Bertz CT molecular complexity index is 327. The lowest BCUT2D eigenvalue weighted by molar-refractivity contribution is 0.111. The van der Waals surface area contributed by atoms with Crippen LogP contribution in [-0.4, -0.2) is 11.4 Å². The Labute approximate surface area is 78.2 Å². The molecule has 0 heterocycles. The van der Waals surface area contributed by atoms with Crippen molar-refractivity contribution < 1.29 is 9.90 Å². The molecule has 0 aromatic heterocycles. The highest BCUT2D eigenvalue weighted by Gasteiger charge is 2.12. The topological polar surface area (TPSA) is 37.3 Å². The Morgan fingerprint density at radius 1 is 1.38 bits per heavy atom. The third-order valence-electron chi connectivity index (χ3n) is 2.18. The number of rotatable bonds is 2. The van der Waals surface area contributed by atoms with Gasteiger partial charge in [-0.25, -0.2) is 0 Å². The predicted octanol–water partition coefficient (Wildman–Crippen LogP) is 2.64. The van der Waals surface area contributed by atoms with Gasteiger partial charge in [0, 0.05) is 0 Å². The Kier molecular flexibility index (Phi) is 2.71. The number of hydrogen-bond donors (Lipinski definition) is 1. The highest BCUT2D eigenvalue weighted by molar-refractivity contribution is 5.82. The molecule has 0 amide bonds. The molecule has 0 aliphatic heterocycles. The summed E-state index contributed by atoms with van der Waals surface area (Å²) in [7, 11) is 0. The normalized spacial score (nSPS) is 10.5. The molecule has 13 heavy (non-hydrogen) atoms. The summed E-state index contributed by atoms with van der Waals surface area (Å²) in [6, 6.07) is 3.39. The standard InChI is InChI=1S/C11H14O2/c1-7(2)11-8(3)4-5-10(13)9(11)6-12/h4-7,13H,1-3H3. The molecule has 0 saturated heterocycles. The molecule has 1 aromatic rings. The second kappa shape index (κ2) is 3.60. The van der Waals surface area contributed by atoms with Crippen molar-refractivity contribution in [2.45, 2.75) is 26.7 Å². The summed E-state index contributed by atoms with van der Waals surface area (Å²) >= 11 is 0. The van der Waals surface area contributed by atoms with Crippen molar-refractivity contribution in [1.82, 2.24) is 0 Å². The average molecular weight is 178 g/mol. The van der Waals surface area contributed by atoms with Gasteiger partial charge >= 0.3 is 0 Å². The second-order valence-electron chi connectivity index (χ2n) is 3.50. The van der Waals surface area contributed by atoms with Crippen molar-refractivity contribution in [1.29, 1.82) is 0 Å². The predicted molar refractivity (Wildman–Crippen MR) is 52.3 cm³/mol. The first-order chi connectivity index (χ1) is 6.07. The van der Waals surface area contributed by atoms with Crippen LogP contribution in [0.15, 0.2) is 12.1 Å². The van der Waals surface area contributed by atoms with Gasteiger partial charge in [-0.1, -0.05) is 19.9 Å². The molecular formula is C11H14O2. The van der Waals surface area contributed by atoms with Gasteiger partial charge in [-0.2, -0.15) is 0 Å². The van der Waals surface area contributed by atoms with Gasteiger partial charge in [0.05, 0.1) is 5.56 Å². The van der Waals surface area contributed by atoms with Crippen molar-refractivity contribution >= 4 is 6.29 Å². The molecule has 70 valence electrons. The van der Waals surface area contributed by atoms with E-state index >= 15 is 0 Å². The minimum atomic E-state index is 0.0734. The van der Waals surface area contributed by atoms with Crippen LogP contribution in [0.1, 0.15) is 41.3 Å². The maximum absolute atomic E-state index is 10.7. The lowest BCUT2D eigenvalue weighted by Crippen LogP contribution is -1.98. The van der Waals surface area contributed by atoms with Gasteiger partial charge in [0.25, 0.3) is 0 Å². The number of aromatic hydroxyl groups is 1. The average Bonchev–Trinajstić information content (AvgIpc) is 2.07. The van der Waals surface area contributed by atoms with Gasteiger partial charge in [0.15, 0.2) is 6.29 Å². The lowest BCUT2D eigenvalue weighted by Gasteiger charge is -2.13. The molecule has 0 saturated carbocycles. The molecule has 0 radical (unpaired) electrons. The molecule has 1 rings (SSSR count). The van der Waals surface area contributed by atoms with Crippen LogP contribution in [0, 0.1) is 6.92 Å². The molecule has 0 aliphatic carbocycles. The van der Waals surface area contributed by atoms with Gasteiger partial charge in [0.2, 0.25) is 0 Å².